The maximum Gasteiger partial charge on any atom is 0.237 e. The van der Waals surface area contributed by atoms with Crippen LogP contribution in [0, 0.1) is 5.92 Å². The highest BCUT2D eigenvalue weighted by molar-refractivity contribution is 6.33. The molecule has 2 heterocycles. The molecule has 128 valence electrons. The van der Waals surface area contributed by atoms with Crippen molar-refractivity contribution in [1.82, 2.24) is 15.2 Å². The summed E-state index contributed by atoms with van der Waals surface area (Å²) in [6, 6.07) is 7.40. The lowest BCUT2D eigenvalue weighted by atomic mass is 10.00. The van der Waals surface area contributed by atoms with Gasteiger partial charge in [0.15, 0.2) is 5.76 Å². The minimum Gasteiger partial charge on any atom is -0.439 e. The SMILES string of the molecule is CC(C)CC1C(=O)NCCN1Cc1ncc(-c2ccccc2Cl)o1. The molecule has 1 aliphatic rings. The van der Waals surface area contributed by atoms with Gasteiger partial charge in [-0.05, 0) is 24.5 Å². The van der Waals surface area contributed by atoms with E-state index in [1.54, 1.807) is 6.20 Å². The molecule has 24 heavy (non-hydrogen) atoms. The second-order valence-corrected chi connectivity index (χ2v) is 6.91. The number of amides is 1. The Morgan fingerprint density at radius 3 is 2.96 bits per heavy atom. The fraction of sp³-hybridized carbons (Fsp3) is 0.444. The Morgan fingerprint density at radius 2 is 2.21 bits per heavy atom. The van der Waals surface area contributed by atoms with E-state index < -0.39 is 0 Å². The summed E-state index contributed by atoms with van der Waals surface area (Å²) in [6.45, 7) is 6.23. The molecule has 1 N–H and O–H groups in total. The number of nitrogens with zero attached hydrogens (tertiary/aromatic N) is 2. The van der Waals surface area contributed by atoms with Gasteiger partial charge in [-0.15, -0.1) is 0 Å². The Balaban J connectivity index is 1.76. The molecule has 1 amide bonds. The van der Waals surface area contributed by atoms with Crippen molar-refractivity contribution in [3.8, 4) is 11.3 Å². The molecule has 6 heteroatoms. The first-order valence-electron chi connectivity index (χ1n) is 8.26. The molecule has 0 saturated carbocycles. The van der Waals surface area contributed by atoms with Crippen LogP contribution in [0.2, 0.25) is 5.02 Å². The molecule has 3 rings (SSSR count). The molecule has 1 saturated heterocycles. The number of rotatable bonds is 5. The fourth-order valence-electron chi connectivity index (χ4n) is 3.00. The molecule has 0 bridgehead atoms. The van der Waals surface area contributed by atoms with Crippen molar-refractivity contribution in [2.45, 2.75) is 32.9 Å². The molecule has 1 fully saturated rings. The Hall–Kier alpha value is -1.85. The van der Waals surface area contributed by atoms with Gasteiger partial charge >= 0.3 is 0 Å². The smallest absolute Gasteiger partial charge is 0.237 e. The van der Waals surface area contributed by atoms with Crippen LogP contribution in [-0.2, 0) is 11.3 Å². The first-order valence-corrected chi connectivity index (χ1v) is 8.63. The van der Waals surface area contributed by atoms with Crippen molar-refractivity contribution in [3.63, 3.8) is 0 Å². The summed E-state index contributed by atoms with van der Waals surface area (Å²) < 4.78 is 5.87. The Labute approximate surface area is 147 Å². The lowest BCUT2D eigenvalue weighted by Gasteiger charge is -2.35. The summed E-state index contributed by atoms with van der Waals surface area (Å²) in [7, 11) is 0. The van der Waals surface area contributed by atoms with Crippen LogP contribution in [0.15, 0.2) is 34.9 Å². The summed E-state index contributed by atoms with van der Waals surface area (Å²) >= 11 is 6.21. The average Bonchev–Trinajstić information content (AvgIpc) is 2.99. The van der Waals surface area contributed by atoms with E-state index >= 15 is 0 Å². The lowest BCUT2D eigenvalue weighted by Crippen LogP contribution is -2.55. The number of halogens is 1. The number of benzene rings is 1. The van der Waals surface area contributed by atoms with Gasteiger partial charge in [-0.25, -0.2) is 4.98 Å². The number of piperazine rings is 1. The van der Waals surface area contributed by atoms with Crippen molar-refractivity contribution < 1.29 is 9.21 Å². The van der Waals surface area contributed by atoms with Gasteiger partial charge < -0.3 is 9.73 Å². The van der Waals surface area contributed by atoms with Crippen LogP contribution < -0.4 is 5.32 Å². The number of oxazole rings is 1. The number of nitrogens with one attached hydrogen (secondary N) is 1. The topological polar surface area (TPSA) is 58.4 Å². The van der Waals surface area contributed by atoms with E-state index in [9.17, 15) is 4.79 Å². The van der Waals surface area contributed by atoms with Crippen molar-refractivity contribution in [3.05, 3.63) is 41.4 Å². The molecular formula is C18H22ClN3O2. The molecular weight excluding hydrogens is 326 g/mol. The maximum absolute atomic E-state index is 12.2. The summed E-state index contributed by atoms with van der Waals surface area (Å²) in [5.41, 5.74) is 0.827. The minimum atomic E-state index is -0.130. The van der Waals surface area contributed by atoms with E-state index in [4.69, 9.17) is 16.0 Å². The van der Waals surface area contributed by atoms with Gasteiger partial charge in [-0.3, -0.25) is 9.69 Å². The monoisotopic (exact) mass is 347 g/mol. The van der Waals surface area contributed by atoms with Crippen molar-refractivity contribution >= 4 is 17.5 Å². The number of carbonyl (C=O) groups excluding carboxylic acids is 1. The fourth-order valence-corrected chi connectivity index (χ4v) is 3.23. The van der Waals surface area contributed by atoms with Crippen LogP contribution in [0.25, 0.3) is 11.3 Å². The minimum absolute atomic E-state index is 0.0906. The molecule has 0 radical (unpaired) electrons. The largest absolute Gasteiger partial charge is 0.439 e. The molecule has 1 aromatic carbocycles. The predicted octanol–water partition coefficient (Wildman–Crippen LogP) is 3.34. The van der Waals surface area contributed by atoms with E-state index in [-0.39, 0.29) is 11.9 Å². The van der Waals surface area contributed by atoms with Crippen LogP contribution in [0.1, 0.15) is 26.2 Å². The zero-order valence-electron chi connectivity index (χ0n) is 14.0. The summed E-state index contributed by atoms with van der Waals surface area (Å²) in [5.74, 6) is 1.79. The van der Waals surface area contributed by atoms with E-state index in [1.165, 1.54) is 0 Å². The van der Waals surface area contributed by atoms with Crippen LogP contribution >= 0.6 is 11.6 Å². The third kappa shape index (κ3) is 3.79. The lowest BCUT2D eigenvalue weighted by molar-refractivity contribution is -0.130. The molecule has 0 aliphatic carbocycles. The zero-order chi connectivity index (χ0) is 17.1. The third-order valence-corrected chi connectivity index (χ3v) is 4.50. The van der Waals surface area contributed by atoms with E-state index in [0.29, 0.717) is 35.7 Å². The maximum atomic E-state index is 12.2. The molecule has 1 aliphatic heterocycles. The van der Waals surface area contributed by atoms with Crippen molar-refractivity contribution in [2.75, 3.05) is 13.1 Å². The van der Waals surface area contributed by atoms with Crippen LogP contribution in [0.5, 0.6) is 0 Å². The number of hydrogen-bond donors (Lipinski definition) is 1. The summed E-state index contributed by atoms with van der Waals surface area (Å²) in [6.07, 6.45) is 2.52. The van der Waals surface area contributed by atoms with Crippen LogP contribution in [0.4, 0.5) is 0 Å². The standard InChI is InChI=1S/C18H22ClN3O2/c1-12(2)9-15-18(23)20-7-8-22(15)11-17-21-10-16(24-17)13-5-3-4-6-14(13)19/h3-6,10,12,15H,7-9,11H2,1-2H3,(H,20,23). The second kappa shape index (κ2) is 7.36. The van der Waals surface area contributed by atoms with Gasteiger partial charge in [0.2, 0.25) is 11.8 Å². The highest BCUT2D eigenvalue weighted by Gasteiger charge is 2.31. The Morgan fingerprint density at radius 1 is 1.42 bits per heavy atom. The quantitative estimate of drug-likeness (QED) is 0.901. The number of hydrogen-bond acceptors (Lipinski definition) is 4. The highest BCUT2D eigenvalue weighted by atomic mass is 35.5. The average molecular weight is 348 g/mol. The first-order chi connectivity index (χ1) is 11.5. The summed E-state index contributed by atoms with van der Waals surface area (Å²) in [5, 5.41) is 3.58. The van der Waals surface area contributed by atoms with E-state index in [0.717, 1.165) is 18.5 Å². The van der Waals surface area contributed by atoms with Gasteiger partial charge in [0, 0.05) is 18.7 Å². The second-order valence-electron chi connectivity index (χ2n) is 6.50. The number of aromatic nitrogens is 1. The Bertz CT molecular complexity index is 714. The molecule has 1 unspecified atom stereocenters. The van der Waals surface area contributed by atoms with Gasteiger partial charge in [0.25, 0.3) is 0 Å². The highest BCUT2D eigenvalue weighted by Crippen LogP contribution is 2.28. The molecule has 1 aromatic heterocycles. The molecule has 1 atom stereocenters. The van der Waals surface area contributed by atoms with E-state index in [2.05, 4.69) is 29.0 Å². The third-order valence-electron chi connectivity index (χ3n) is 4.17. The van der Waals surface area contributed by atoms with Gasteiger partial charge in [-0.1, -0.05) is 37.6 Å². The normalized spacial score (nSPS) is 18.8. The molecule has 5 nitrogen and oxygen atoms in total. The van der Waals surface area contributed by atoms with Gasteiger partial charge in [0.1, 0.15) is 0 Å². The van der Waals surface area contributed by atoms with Crippen LogP contribution in [-0.4, -0.2) is 34.9 Å². The zero-order valence-corrected chi connectivity index (χ0v) is 14.7. The van der Waals surface area contributed by atoms with Crippen LogP contribution in [0.3, 0.4) is 0 Å². The Kier molecular flexibility index (Phi) is 5.21. The molecule has 2 aromatic rings. The molecule has 0 spiro atoms. The van der Waals surface area contributed by atoms with Gasteiger partial charge in [-0.2, -0.15) is 0 Å². The summed E-state index contributed by atoms with van der Waals surface area (Å²) in [4.78, 5) is 18.7. The van der Waals surface area contributed by atoms with Crippen molar-refractivity contribution in [1.29, 1.82) is 0 Å². The predicted molar refractivity (Wildman–Crippen MR) is 93.6 cm³/mol. The van der Waals surface area contributed by atoms with Gasteiger partial charge in [0.05, 0.1) is 23.8 Å². The number of carbonyl (C=O) groups is 1. The van der Waals surface area contributed by atoms with Crippen molar-refractivity contribution in [2.24, 2.45) is 5.92 Å². The van der Waals surface area contributed by atoms with E-state index in [1.807, 2.05) is 24.3 Å². The first kappa shape index (κ1) is 17.0.